The number of aryl methyl sites for hydroxylation is 1. The van der Waals surface area contributed by atoms with Gasteiger partial charge in [-0.15, -0.1) is 0 Å². The number of aromatic nitrogens is 1. The first kappa shape index (κ1) is 16.1. The van der Waals surface area contributed by atoms with Gasteiger partial charge in [0.15, 0.2) is 0 Å². The largest absolute Gasteiger partial charge is 0.329 e. The minimum Gasteiger partial charge on any atom is -0.329 e. The minimum atomic E-state index is -3.29. The van der Waals surface area contributed by atoms with E-state index in [4.69, 9.17) is 5.73 Å². The van der Waals surface area contributed by atoms with Crippen LogP contribution in [0.3, 0.4) is 0 Å². The van der Waals surface area contributed by atoms with E-state index in [1.807, 2.05) is 18.2 Å². The second kappa shape index (κ2) is 8.24. The first-order valence-corrected chi connectivity index (χ1v) is 8.32. The average Bonchev–Trinajstić information content (AvgIpc) is 2.42. The third-order valence-electron chi connectivity index (χ3n) is 2.89. The summed E-state index contributed by atoms with van der Waals surface area (Å²) in [7, 11) is -3.29. The summed E-state index contributed by atoms with van der Waals surface area (Å²) in [5, 5.41) is 0. The van der Waals surface area contributed by atoms with Gasteiger partial charge in [-0.3, -0.25) is 4.98 Å². The van der Waals surface area contributed by atoms with Gasteiger partial charge in [-0.1, -0.05) is 25.8 Å². The van der Waals surface area contributed by atoms with Gasteiger partial charge < -0.3 is 5.73 Å². The number of sulfonamides is 1. The molecule has 0 aliphatic heterocycles. The van der Waals surface area contributed by atoms with Crippen molar-refractivity contribution in [3.05, 3.63) is 30.1 Å². The molecule has 108 valence electrons. The minimum absolute atomic E-state index is 0.0483. The van der Waals surface area contributed by atoms with Crippen molar-refractivity contribution in [3.63, 3.8) is 0 Å². The lowest BCUT2D eigenvalue weighted by molar-refractivity contribution is 0.516. The number of nitrogens with two attached hydrogens (primary N) is 1. The highest BCUT2D eigenvalue weighted by atomic mass is 32.2. The summed E-state index contributed by atoms with van der Waals surface area (Å²) >= 11 is 0. The first-order valence-electron chi connectivity index (χ1n) is 6.67. The Hall–Kier alpha value is -0.980. The fraction of sp³-hybridized carbons (Fsp3) is 0.615. The maximum Gasteiger partial charge on any atom is 0.212 e. The van der Waals surface area contributed by atoms with E-state index in [1.54, 1.807) is 6.20 Å². The Labute approximate surface area is 115 Å². The van der Waals surface area contributed by atoms with Crippen LogP contribution in [0.4, 0.5) is 0 Å². The molecule has 0 spiro atoms. The molecule has 5 nitrogen and oxygen atoms in total. The summed E-state index contributed by atoms with van der Waals surface area (Å²) < 4.78 is 26.6. The van der Waals surface area contributed by atoms with Crippen LogP contribution in [0, 0.1) is 0 Å². The van der Waals surface area contributed by atoms with E-state index in [0.29, 0.717) is 13.0 Å². The third kappa shape index (κ3) is 6.66. The molecule has 3 N–H and O–H groups in total. The van der Waals surface area contributed by atoms with Crippen molar-refractivity contribution in [2.45, 2.75) is 38.6 Å². The molecule has 0 aromatic carbocycles. The molecule has 0 bridgehead atoms. The molecule has 1 aromatic rings. The SMILES string of the molecule is CCCCC(CN)NS(=O)(=O)CCc1ccccn1. The van der Waals surface area contributed by atoms with Crippen LogP contribution in [0.25, 0.3) is 0 Å². The number of hydrogen-bond acceptors (Lipinski definition) is 4. The second-order valence-corrected chi connectivity index (χ2v) is 6.46. The van der Waals surface area contributed by atoms with Gasteiger partial charge in [0.05, 0.1) is 5.75 Å². The number of rotatable bonds is 9. The van der Waals surface area contributed by atoms with E-state index < -0.39 is 10.0 Å². The fourth-order valence-corrected chi connectivity index (χ4v) is 3.09. The molecule has 0 saturated carbocycles. The number of pyridine rings is 1. The van der Waals surface area contributed by atoms with Crippen molar-refractivity contribution >= 4 is 10.0 Å². The third-order valence-corrected chi connectivity index (χ3v) is 4.32. The van der Waals surface area contributed by atoms with Crippen molar-refractivity contribution in [1.82, 2.24) is 9.71 Å². The van der Waals surface area contributed by atoms with Crippen LogP contribution in [0.15, 0.2) is 24.4 Å². The van der Waals surface area contributed by atoms with Crippen LogP contribution < -0.4 is 10.5 Å². The van der Waals surface area contributed by atoms with Gasteiger partial charge in [0.25, 0.3) is 0 Å². The van der Waals surface area contributed by atoms with Crippen molar-refractivity contribution in [1.29, 1.82) is 0 Å². The molecule has 1 aromatic heterocycles. The van der Waals surface area contributed by atoms with Gasteiger partial charge in [-0.2, -0.15) is 0 Å². The maximum atomic E-state index is 11.9. The van der Waals surface area contributed by atoms with E-state index in [-0.39, 0.29) is 11.8 Å². The van der Waals surface area contributed by atoms with Crippen molar-refractivity contribution in [2.75, 3.05) is 12.3 Å². The van der Waals surface area contributed by atoms with E-state index >= 15 is 0 Å². The number of nitrogens with zero attached hydrogens (tertiary/aromatic N) is 1. The number of unbranched alkanes of at least 4 members (excludes halogenated alkanes) is 1. The highest BCUT2D eigenvalue weighted by molar-refractivity contribution is 7.89. The summed E-state index contributed by atoms with van der Waals surface area (Å²) in [6.07, 6.45) is 4.88. The second-order valence-electron chi connectivity index (χ2n) is 4.58. The summed E-state index contributed by atoms with van der Waals surface area (Å²) in [6, 6.07) is 5.33. The van der Waals surface area contributed by atoms with E-state index in [0.717, 1.165) is 25.0 Å². The van der Waals surface area contributed by atoms with Gasteiger partial charge in [-0.05, 0) is 18.6 Å². The number of hydrogen-bond donors (Lipinski definition) is 2. The van der Waals surface area contributed by atoms with Crippen LogP contribution in [0.1, 0.15) is 31.9 Å². The van der Waals surface area contributed by atoms with Gasteiger partial charge in [0, 0.05) is 30.9 Å². The average molecular weight is 285 g/mol. The molecule has 1 heterocycles. The lowest BCUT2D eigenvalue weighted by Crippen LogP contribution is -2.41. The molecule has 6 heteroatoms. The molecule has 1 rings (SSSR count). The molecule has 0 radical (unpaired) electrons. The fourth-order valence-electron chi connectivity index (χ4n) is 1.77. The predicted molar refractivity (Wildman–Crippen MR) is 77.2 cm³/mol. The van der Waals surface area contributed by atoms with E-state index in [1.165, 1.54) is 0 Å². The molecular weight excluding hydrogens is 262 g/mol. The monoisotopic (exact) mass is 285 g/mol. The Morgan fingerprint density at radius 3 is 2.79 bits per heavy atom. The molecule has 0 aliphatic carbocycles. The van der Waals surface area contributed by atoms with E-state index in [2.05, 4.69) is 16.6 Å². The molecular formula is C13H23N3O2S. The zero-order valence-corrected chi connectivity index (χ0v) is 12.2. The van der Waals surface area contributed by atoms with Crippen LogP contribution >= 0.6 is 0 Å². The van der Waals surface area contributed by atoms with Crippen molar-refractivity contribution in [2.24, 2.45) is 5.73 Å². The Morgan fingerprint density at radius 1 is 1.42 bits per heavy atom. The Balaban J connectivity index is 2.46. The first-order chi connectivity index (χ1) is 9.07. The predicted octanol–water partition coefficient (Wildman–Crippen LogP) is 1.06. The molecule has 1 unspecified atom stereocenters. The smallest absolute Gasteiger partial charge is 0.212 e. The van der Waals surface area contributed by atoms with Crippen LogP contribution in [-0.2, 0) is 16.4 Å². The van der Waals surface area contributed by atoms with Gasteiger partial charge in [-0.25, -0.2) is 13.1 Å². The van der Waals surface area contributed by atoms with Crippen LogP contribution in [0.2, 0.25) is 0 Å². The Morgan fingerprint density at radius 2 is 2.21 bits per heavy atom. The normalized spacial score (nSPS) is 13.4. The molecule has 19 heavy (non-hydrogen) atoms. The standard InChI is InChI=1S/C13H23N3O2S/c1-2-3-6-13(11-14)16-19(17,18)10-8-12-7-4-5-9-15-12/h4-5,7,9,13,16H,2-3,6,8,10-11,14H2,1H3. The number of nitrogens with one attached hydrogen (secondary N) is 1. The van der Waals surface area contributed by atoms with Crippen molar-refractivity contribution in [3.8, 4) is 0 Å². The highest BCUT2D eigenvalue weighted by Crippen LogP contribution is 2.03. The summed E-state index contributed by atoms with van der Waals surface area (Å²) in [4.78, 5) is 4.11. The van der Waals surface area contributed by atoms with Crippen LogP contribution in [0.5, 0.6) is 0 Å². The Bertz CT molecular complexity index is 448. The van der Waals surface area contributed by atoms with Gasteiger partial charge in [0.2, 0.25) is 10.0 Å². The summed E-state index contributed by atoms with van der Waals surface area (Å²) in [5.74, 6) is 0.0483. The lowest BCUT2D eigenvalue weighted by Gasteiger charge is -2.16. The maximum absolute atomic E-state index is 11.9. The summed E-state index contributed by atoms with van der Waals surface area (Å²) in [6.45, 7) is 2.41. The summed E-state index contributed by atoms with van der Waals surface area (Å²) in [5.41, 5.74) is 6.37. The Kier molecular flexibility index (Phi) is 6.97. The quantitative estimate of drug-likeness (QED) is 0.710. The van der Waals surface area contributed by atoms with E-state index in [9.17, 15) is 8.42 Å². The molecule has 0 aliphatic rings. The molecule has 0 fully saturated rings. The molecule has 0 amide bonds. The lowest BCUT2D eigenvalue weighted by atomic mass is 10.1. The zero-order valence-electron chi connectivity index (χ0n) is 11.4. The topological polar surface area (TPSA) is 85.1 Å². The van der Waals surface area contributed by atoms with Gasteiger partial charge in [0.1, 0.15) is 0 Å². The molecule has 0 saturated heterocycles. The van der Waals surface area contributed by atoms with Crippen molar-refractivity contribution < 1.29 is 8.42 Å². The molecule has 1 atom stereocenters. The van der Waals surface area contributed by atoms with Crippen LogP contribution in [-0.4, -0.2) is 31.7 Å². The zero-order chi connectivity index (χ0) is 14.1. The highest BCUT2D eigenvalue weighted by Gasteiger charge is 2.16. The van der Waals surface area contributed by atoms with Gasteiger partial charge >= 0.3 is 0 Å².